The molecule has 32 heavy (non-hydrogen) atoms. The van der Waals surface area contributed by atoms with E-state index in [-0.39, 0.29) is 0 Å². The maximum absolute atomic E-state index is 5.56. The molecule has 5 rings (SSSR count). The number of hydrogen-bond donors (Lipinski definition) is 0. The van der Waals surface area contributed by atoms with Gasteiger partial charge >= 0.3 is 0 Å². The molecule has 0 N–H and O–H groups in total. The van der Waals surface area contributed by atoms with Gasteiger partial charge in [0.1, 0.15) is 5.75 Å². The summed E-state index contributed by atoms with van der Waals surface area (Å²) in [5.74, 6) is 0.976. The predicted octanol–water partition coefficient (Wildman–Crippen LogP) is 6.12. The Labute approximate surface area is 191 Å². The van der Waals surface area contributed by atoms with Gasteiger partial charge in [-0.1, -0.05) is 72.8 Å². The van der Waals surface area contributed by atoms with Crippen LogP contribution in [-0.2, 0) is 0 Å². The molecule has 164 valence electrons. The predicted molar refractivity (Wildman–Crippen MR) is 134 cm³/mol. The molecule has 1 aliphatic carbocycles. The lowest BCUT2D eigenvalue weighted by Crippen LogP contribution is -2.50. The van der Waals surface area contributed by atoms with Gasteiger partial charge in [-0.25, -0.2) is 0 Å². The molecule has 1 fully saturated rings. The summed E-state index contributed by atoms with van der Waals surface area (Å²) in [6.45, 7) is 4.37. The lowest BCUT2D eigenvalue weighted by molar-refractivity contribution is 0.175. The van der Waals surface area contributed by atoms with E-state index in [4.69, 9.17) is 4.74 Å². The van der Waals surface area contributed by atoms with Crippen LogP contribution in [0.3, 0.4) is 0 Å². The molecule has 1 unspecified atom stereocenters. The molecule has 0 radical (unpaired) electrons. The minimum atomic E-state index is 0.669. The Kier molecular flexibility index (Phi) is 6.27. The Morgan fingerprint density at radius 1 is 0.719 bits per heavy atom. The summed E-state index contributed by atoms with van der Waals surface area (Å²) in [4.78, 5) is 5.16. The van der Waals surface area contributed by atoms with Gasteiger partial charge in [0.2, 0.25) is 0 Å². The van der Waals surface area contributed by atoms with Crippen molar-refractivity contribution in [2.75, 3.05) is 38.2 Å². The molecular weight excluding hydrogens is 392 g/mol. The summed E-state index contributed by atoms with van der Waals surface area (Å²) in [6.07, 6.45) is 6.06. The van der Waals surface area contributed by atoms with Crippen LogP contribution in [0.5, 0.6) is 5.75 Å². The van der Waals surface area contributed by atoms with Crippen LogP contribution in [0.4, 0.5) is 5.69 Å². The summed E-state index contributed by atoms with van der Waals surface area (Å²) < 4.78 is 5.56. The van der Waals surface area contributed by atoms with Gasteiger partial charge in [0.25, 0.3) is 0 Å². The van der Waals surface area contributed by atoms with Crippen LogP contribution >= 0.6 is 0 Å². The minimum absolute atomic E-state index is 0.669. The van der Waals surface area contributed by atoms with Gasteiger partial charge in [-0.15, -0.1) is 0 Å². The van der Waals surface area contributed by atoms with Crippen LogP contribution in [0.25, 0.3) is 16.7 Å². The first-order valence-electron chi connectivity index (χ1n) is 11.8. The lowest BCUT2D eigenvalue weighted by Gasteiger charge is -2.41. The fourth-order valence-corrected chi connectivity index (χ4v) is 5.14. The molecule has 3 heteroatoms. The quantitative estimate of drug-likeness (QED) is 0.491. The van der Waals surface area contributed by atoms with Crippen molar-refractivity contribution in [3.8, 4) is 16.9 Å². The number of para-hydroxylation sites is 2. The molecule has 0 amide bonds. The molecule has 3 aromatic rings. The summed E-state index contributed by atoms with van der Waals surface area (Å²) in [5.41, 5.74) is 6.68. The first-order chi connectivity index (χ1) is 15.8. The van der Waals surface area contributed by atoms with Crippen LogP contribution in [-0.4, -0.2) is 44.2 Å². The van der Waals surface area contributed by atoms with Crippen LogP contribution in [0, 0.1) is 0 Å². The van der Waals surface area contributed by atoms with Crippen molar-refractivity contribution >= 4 is 11.3 Å². The van der Waals surface area contributed by atoms with E-state index in [1.54, 1.807) is 7.11 Å². The number of methoxy groups -OCH3 is 1. The van der Waals surface area contributed by atoms with E-state index in [1.807, 2.05) is 6.07 Å². The summed E-state index contributed by atoms with van der Waals surface area (Å²) >= 11 is 0. The maximum Gasteiger partial charge on any atom is 0.142 e. The number of hydrogen-bond acceptors (Lipinski definition) is 3. The smallest absolute Gasteiger partial charge is 0.142 e. The Hall–Kier alpha value is -3.04. The number of nitrogens with zero attached hydrogens (tertiary/aromatic N) is 2. The molecule has 0 saturated carbocycles. The number of rotatable bonds is 5. The van der Waals surface area contributed by atoms with Crippen molar-refractivity contribution in [1.29, 1.82) is 0 Å². The normalized spacial score (nSPS) is 19.5. The standard InChI is InChI=1S/C29H32N2O/c1-32-29-10-6-5-9-28(29)31-21-19-30(20-22-31)27-17-15-26(16-18-27)25-13-11-24(12-14-25)23-7-3-2-4-8-23/h2-15,27H,16-22H2,1H3. The number of ether oxygens (including phenoxy) is 1. The van der Waals surface area contributed by atoms with Crippen molar-refractivity contribution in [3.63, 3.8) is 0 Å². The molecule has 3 nitrogen and oxygen atoms in total. The number of benzene rings is 3. The average Bonchev–Trinajstić information content (AvgIpc) is 2.89. The molecule has 0 bridgehead atoms. The van der Waals surface area contributed by atoms with Crippen molar-refractivity contribution in [2.45, 2.75) is 25.3 Å². The third-order valence-electron chi connectivity index (χ3n) is 7.00. The molecule has 3 aromatic carbocycles. The fourth-order valence-electron chi connectivity index (χ4n) is 5.14. The van der Waals surface area contributed by atoms with Crippen molar-refractivity contribution < 1.29 is 4.74 Å². The Balaban J connectivity index is 1.18. The second kappa shape index (κ2) is 9.62. The molecule has 0 spiro atoms. The molecule has 2 aliphatic rings. The van der Waals surface area contributed by atoms with Crippen molar-refractivity contribution in [1.82, 2.24) is 4.90 Å². The zero-order valence-corrected chi connectivity index (χ0v) is 18.9. The van der Waals surface area contributed by atoms with E-state index >= 15 is 0 Å². The van der Waals surface area contributed by atoms with Gasteiger partial charge < -0.3 is 9.64 Å². The van der Waals surface area contributed by atoms with E-state index in [0.717, 1.165) is 38.3 Å². The van der Waals surface area contributed by atoms with E-state index in [9.17, 15) is 0 Å². The van der Waals surface area contributed by atoms with E-state index in [0.29, 0.717) is 6.04 Å². The third kappa shape index (κ3) is 4.44. The molecule has 1 aliphatic heterocycles. The third-order valence-corrected chi connectivity index (χ3v) is 7.00. The van der Waals surface area contributed by atoms with Crippen LogP contribution in [0.1, 0.15) is 24.8 Å². The highest BCUT2D eigenvalue weighted by atomic mass is 16.5. The zero-order chi connectivity index (χ0) is 21.8. The van der Waals surface area contributed by atoms with Gasteiger partial charge in [-0.2, -0.15) is 0 Å². The van der Waals surface area contributed by atoms with Crippen LogP contribution in [0.2, 0.25) is 0 Å². The number of anilines is 1. The lowest BCUT2D eigenvalue weighted by atomic mass is 9.89. The highest BCUT2D eigenvalue weighted by Gasteiger charge is 2.26. The molecular formula is C29H32N2O. The maximum atomic E-state index is 5.56. The first-order valence-corrected chi connectivity index (χ1v) is 11.8. The minimum Gasteiger partial charge on any atom is -0.495 e. The van der Waals surface area contributed by atoms with Gasteiger partial charge in [0.15, 0.2) is 0 Å². The second-order valence-corrected chi connectivity index (χ2v) is 8.80. The summed E-state index contributed by atoms with van der Waals surface area (Å²) in [6, 6.07) is 28.8. The second-order valence-electron chi connectivity index (χ2n) is 8.80. The van der Waals surface area contributed by atoms with Crippen molar-refractivity contribution in [3.05, 3.63) is 90.5 Å². The Morgan fingerprint density at radius 2 is 1.38 bits per heavy atom. The zero-order valence-electron chi connectivity index (χ0n) is 18.9. The number of allylic oxidation sites excluding steroid dienone is 1. The topological polar surface area (TPSA) is 15.7 Å². The van der Waals surface area contributed by atoms with Gasteiger partial charge in [-0.05, 0) is 53.7 Å². The molecule has 1 atom stereocenters. The van der Waals surface area contributed by atoms with E-state index < -0.39 is 0 Å². The monoisotopic (exact) mass is 424 g/mol. The molecule has 0 aromatic heterocycles. The van der Waals surface area contributed by atoms with E-state index in [1.165, 1.54) is 40.8 Å². The fraction of sp³-hybridized carbons (Fsp3) is 0.310. The van der Waals surface area contributed by atoms with E-state index in [2.05, 4.69) is 88.7 Å². The SMILES string of the molecule is COc1ccccc1N1CCN(C2CC=C(c3ccc(-c4ccccc4)cc3)CC2)CC1. The largest absolute Gasteiger partial charge is 0.495 e. The van der Waals surface area contributed by atoms with Crippen molar-refractivity contribution in [2.24, 2.45) is 0 Å². The number of piperazine rings is 1. The van der Waals surface area contributed by atoms with Crippen LogP contribution in [0.15, 0.2) is 84.9 Å². The van der Waals surface area contributed by atoms with Gasteiger partial charge in [-0.3, -0.25) is 4.90 Å². The van der Waals surface area contributed by atoms with Crippen LogP contribution < -0.4 is 9.64 Å². The van der Waals surface area contributed by atoms with Gasteiger partial charge in [0.05, 0.1) is 12.8 Å². The highest BCUT2D eigenvalue weighted by molar-refractivity contribution is 5.71. The molecule has 1 saturated heterocycles. The Bertz CT molecular complexity index is 1050. The molecule has 1 heterocycles. The first kappa shape index (κ1) is 20.8. The average molecular weight is 425 g/mol. The summed E-state index contributed by atoms with van der Waals surface area (Å²) in [7, 11) is 1.76. The Morgan fingerprint density at radius 3 is 2.06 bits per heavy atom. The van der Waals surface area contributed by atoms with Gasteiger partial charge in [0, 0.05) is 32.2 Å². The highest BCUT2D eigenvalue weighted by Crippen LogP contribution is 2.33. The summed E-state index contributed by atoms with van der Waals surface area (Å²) in [5, 5.41) is 0.